The highest BCUT2D eigenvalue weighted by atomic mass is 16.5. The summed E-state index contributed by atoms with van der Waals surface area (Å²) in [7, 11) is 1.82. The number of carbonyl (C=O) groups is 1. The maximum absolute atomic E-state index is 12.5. The van der Waals surface area contributed by atoms with Gasteiger partial charge in [0.2, 0.25) is 5.43 Å². The van der Waals surface area contributed by atoms with Crippen LogP contribution in [0.3, 0.4) is 0 Å². The standard InChI is InChI=1S/C18H15NO3/c1-12-8-9-14-15(10-12)19(2)11-16(17(14)20)22-18(21)13-6-4-3-5-7-13/h3-11H,1-2H3. The van der Waals surface area contributed by atoms with Crippen molar-refractivity contribution in [2.24, 2.45) is 7.05 Å². The van der Waals surface area contributed by atoms with E-state index in [2.05, 4.69) is 0 Å². The summed E-state index contributed by atoms with van der Waals surface area (Å²) in [6, 6.07) is 14.2. The van der Waals surface area contributed by atoms with Gasteiger partial charge in [-0.25, -0.2) is 4.79 Å². The average Bonchev–Trinajstić information content (AvgIpc) is 2.53. The van der Waals surface area contributed by atoms with Crippen LogP contribution in [0.2, 0.25) is 0 Å². The smallest absolute Gasteiger partial charge is 0.343 e. The van der Waals surface area contributed by atoms with Gasteiger partial charge in [0, 0.05) is 12.4 Å². The van der Waals surface area contributed by atoms with Crippen molar-refractivity contribution in [2.45, 2.75) is 6.92 Å². The van der Waals surface area contributed by atoms with Crippen LogP contribution in [0.5, 0.6) is 5.75 Å². The van der Waals surface area contributed by atoms with Crippen LogP contribution in [0.15, 0.2) is 59.5 Å². The number of carbonyl (C=O) groups excluding carboxylic acids is 1. The lowest BCUT2D eigenvalue weighted by Crippen LogP contribution is -2.17. The van der Waals surface area contributed by atoms with E-state index >= 15 is 0 Å². The Kier molecular flexibility index (Phi) is 3.51. The number of fused-ring (bicyclic) bond motifs is 1. The Morgan fingerprint density at radius 2 is 1.82 bits per heavy atom. The van der Waals surface area contributed by atoms with Crippen LogP contribution in [0.1, 0.15) is 15.9 Å². The normalized spacial score (nSPS) is 10.6. The molecule has 3 rings (SSSR count). The SMILES string of the molecule is Cc1ccc2c(=O)c(OC(=O)c3ccccc3)cn(C)c2c1. The van der Waals surface area contributed by atoms with E-state index in [1.54, 1.807) is 41.1 Å². The zero-order chi connectivity index (χ0) is 15.7. The molecule has 110 valence electrons. The molecule has 0 spiro atoms. The molecule has 0 atom stereocenters. The highest BCUT2D eigenvalue weighted by molar-refractivity contribution is 5.91. The van der Waals surface area contributed by atoms with Gasteiger partial charge in [0.15, 0.2) is 5.75 Å². The van der Waals surface area contributed by atoms with E-state index in [4.69, 9.17) is 4.74 Å². The topological polar surface area (TPSA) is 48.3 Å². The van der Waals surface area contributed by atoms with Gasteiger partial charge < -0.3 is 9.30 Å². The fourth-order valence-electron chi connectivity index (χ4n) is 2.37. The van der Waals surface area contributed by atoms with Crippen molar-refractivity contribution in [1.29, 1.82) is 0 Å². The molecule has 0 N–H and O–H groups in total. The van der Waals surface area contributed by atoms with E-state index in [1.807, 2.05) is 32.2 Å². The fraction of sp³-hybridized carbons (Fsp3) is 0.111. The maximum atomic E-state index is 12.5. The van der Waals surface area contributed by atoms with Crippen molar-refractivity contribution in [1.82, 2.24) is 4.57 Å². The molecule has 0 saturated heterocycles. The molecule has 0 aliphatic carbocycles. The van der Waals surface area contributed by atoms with E-state index in [0.29, 0.717) is 10.9 Å². The molecule has 0 radical (unpaired) electrons. The predicted molar refractivity (Wildman–Crippen MR) is 85.3 cm³/mol. The number of hydrogen-bond acceptors (Lipinski definition) is 3. The molecule has 0 fully saturated rings. The summed E-state index contributed by atoms with van der Waals surface area (Å²) in [5.41, 5.74) is 2.01. The molecule has 1 aromatic heterocycles. The minimum atomic E-state index is -0.538. The van der Waals surface area contributed by atoms with Gasteiger partial charge >= 0.3 is 5.97 Å². The molecular formula is C18H15NO3. The Hall–Kier alpha value is -2.88. The minimum absolute atomic E-state index is 0.0349. The molecule has 3 aromatic rings. The first-order valence-electron chi connectivity index (χ1n) is 6.93. The first-order valence-corrected chi connectivity index (χ1v) is 6.93. The summed E-state index contributed by atoms with van der Waals surface area (Å²) in [5, 5.41) is 0.534. The Bertz CT molecular complexity index is 911. The lowest BCUT2D eigenvalue weighted by molar-refractivity contribution is 0.0732. The monoisotopic (exact) mass is 293 g/mol. The van der Waals surface area contributed by atoms with Crippen LogP contribution in [0.25, 0.3) is 10.9 Å². The number of benzene rings is 2. The quantitative estimate of drug-likeness (QED) is 0.682. The van der Waals surface area contributed by atoms with Gasteiger partial charge in [-0.15, -0.1) is 0 Å². The third-order valence-electron chi connectivity index (χ3n) is 3.52. The van der Waals surface area contributed by atoms with Crippen molar-refractivity contribution in [3.8, 4) is 5.75 Å². The summed E-state index contributed by atoms with van der Waals surface area (Å²) in [5.74, 6) is -0.503. The molecule has 0 aliphatic heterocycles. The Balaban J connectivity index is 2.05. The van der Waals surface area contributed by atoms with Gasteiger partial charge in [-0.1, -0.05) is 24.3 Å². The average molecular weight is 293 g/mol. The largest absolute Gasteiger partial charge is 0.417 e. The van der Waals surface area contributed by atoms with Crippen LogP contribution >= 0.6 is 0 Å². The van der Waals surface area contributed by atoms with Gasteiger partial charge in [-0.3, -0.25) is 4.79 Å². The van der Waals surface area contributed by atoms with Crippen molar-refractivity contribution in [3.63, 3.8) is 0 Å². The van der Waals surface area contributed by atoms with Gasteiger partial charge in [-0.2, -0.15) is 0 Å². The number of rotatable bonds is 2. The van der Waals surface area contributed by atoms with Crippen LogP contribution in [-0.2, 0) is 7.05 Å². The summed E-state index contributed by atoms with van der Waals surface area (Å²) < 4.78 is 7.07. The Morgan fingerprint density at radius 3 is 2.55 bits per heavy atom. The first kappa shape index (κ1) is 14.1. The third-order valence-corrected chi connectivity index (χ3v) is 3.52. The molecule has 0 unspecified atom stereocenters. The Labute approximate surface area is 127 Å². The van der Waals surface area contributed by atoms with Gasteiger partial charge in [0.05, 0.1) is 17.3 Å². The summed E-state index contributed by atoms with van der Waals surface area (Å²) >= 11 is 0. The number of aryl methyl sites for hydroxylation is 2. The van der Waals surface area contributed by atoms with Gasteiger partial charge in [0.25, 0.3) is 0 Å². The van der Waals surface area contributed by atoms with E-state index in [1.165, 1.54) is 0 Å². The highest BCUT2D eigenvalue weighted by Crippen LogP contribution is 2.17. The lowest BCUT2D eigenvalue weighted by atomic mass is 10.1. The van der Waals surface area contributed by atoms with Crippen molar-refractivity contribution >= 4 is 16.9 Å². The summed E-state index contributed by atoms with van der Waals surface area (Å²) in [6.07, 6.45) is 1.55. The van der Waals surface area contributed by atoms with E-state index in [-0.39, 0.29) is 11.2 Å². The fourth-order valence-corrected chi connectivity index (χ4v) is 2.37. The number of ether oxygens (including phenoxy) is 1. The van der Waals surface area contributed by atoms with Crippen LogP contribution < -0.4 is 10.2 Å². The molecule has 0 amide bonds. The van der Waals surface area contributed by atoms with Crippen molar-refractivity contribution in [3.05, 3.63) is 76.1 Å². The van der Waals surface area contributed by atoms with Crippen LogP contribution in [0.4, 0.5) is 0 Å². The molecule has 4 heteroatoms. The van der Waals surface area contributed by atoms with Crippen molar-refractivity contribution in [2.75, 3.05) is 0 Å². The number of hydrogen-bond donors (Lipinski definition) is 0. The zero-order valence-corrected chi connectivity index (χ0v) is 12.4. The molecule has 0 aliphatic rings. The lowest BCUT2D eigenvalue weighted by Gasteiger charge is -2.10. The third kappa shape index (κ3) is 2.51. The molecule has 22 heavy (non-hydrogen) atoms. The van der Waals surface area contributed by atoms with Gasteiger partial charge in [0.1, 0.15) is 0 Å². The molecule has 2 aromatic carbocycles. The number of aromatic nitrogens is 1. The molecule has 0 bridgehead atoms. The molecule has 1 heterocycles. The second-order valence-corrected chi connectivity index (χ2v) is 5.21. The zero-order valence-electron chi connectivity index (χ0n) is 12.4. The minimum Gasteiger partial charge on any atom is -0.417 e. The summed E-state index contributed by atoms with van der Waals surface area (Å²) in [6.45, 7) is 1.97. The van der Waals surface area contributed by atoms with Crippen LogP contribution in [-0.4, -0.2) is 10.5 Å². The van der Waals surface area contributed by atoms with Crippen molar-refractivity contribution < 1.29 is 9.53 Å². The van der Waals surface area contributed by atoms with E-state index in [0.717, 1.165) is 11.1 Å². The van der Waals surface area contributed by atoms with Gasteiger partial charge in [-0.05, 0) is 36.8 Å². The Morgan fingerprint density at radius 1 is 1.09 bits per heavy atom. The second-order valence-electron chi connectivity index (χ2n) is 5.21. The molecule has 4 nitrogen and oxygen atoms in total. The number of pyridine rings is 1. The predicted octanol–water partition coefficient (Wildman–Crippen LogP) is 3.07. The first-order chi connectivity index (χ1) is 10.6. The number of esters is 1. The van der Waals surface area contributed by atoms with E-state index < -0.39 is 5.97 Å². The molecular weight excluding hydrogens is 278 g/mol. The second kappa shape index (κ2) is 5.48. The summed E-state index contributed by atoms with van der Waals surface area (Å²) in [4.78, 5) is 24.6. The number of nitrogens with zero attached hydrogens (tertiary/aromatic N) is 1. The van der Waals surface area contributed by atoms with E-state index in [9.17, 15) is 9.59 Å². The van der Waals surface area contributed by atoms with Crippen LogP contribution in [0, 0.1) is 6.92 Å². The maximum Gasteiger partial charge on any atom is 0.343 e. The highest BCUT2D eigenvalue weighted by Gasteiger charge is 2.13. The molecule has 0 saturated carbocycles.